The topological polar surface area (TPSA) is 18.5 Å². The number of hydrogen-bond acceptors (Lipinski definition) is 2. The van der Waals surface area contributed by atoms with Crippen LogP contribution in [0, 0.1) is 6.92 Å². The average Bonchev–Trinajstić information content (AvgIpc) is 2.16. The van der Waals surface area contributed by atoms with Gasteiger partial charge in [0.25, 0.3) is 0 Å². The molecule has 0 aliphatic carbocycles. The molecule has 0 N–H and O–H groups in total. The third-order valence-electron chi connectivity index (χ3n) is 2.47. The van der Waals surface area contributed by atoms with E-state index in [1.165, 1.54) is 11.1 Å². The van der Waals surface area contributed by atoms with E-state index in [1.807, 2.05) is 0 Å². The SMILES string of the molecule is COCCOc1cc(C)cc(C(C)(C)C)c1. The fourth-order valence-electron chi connectivity index (χ4n) is 1.51. The molecule has 0 atom stereocenters. The number of rotatable bonds is 4. The zero-order valence-electron chi connectivity index (χ0n) is 11.0. The number of ether oxygens (including phenoxy) is 2. The third-order valence-corrected chi connectivity index (χ3v) is 2.47. The molecule has 0 saturated heterocycles. The Hall–Kier alpha value is -1.02. The highest BCUT2D eigenvalue weighted by Crippen LogP contribution is 2.27. The Bertz CT molecular complexity index is 337. The summed E-state index contributed by atoms with van der Waals surface area (Å²) >= 11 is 0. The molecule has 0 bridgehead atoms. The first kappa shape index (κ1) is 13.0. The minimum absolute atomic E-state index is 0.158. The van der Waals surface area contributed by atoms with Crippen LogP contribution in [-0.4, -0.2) is 20.3 Å². The largest absolute Gasteiger partial charge is 0.491 e. The molecule has 0 aliphatic rings. The van der Waals surface area contributed by atoms with Crippen LogP contribution in [0.5, 0.6) is 5.75 Å². The van der Waals surface area contributed by atoms with E-state index in [1.54, 1.807) is 7.11 Å². The lowest BCUT2D eigenvalue weighted by Crippen LogP contribution is -2.12. The van der Waals surface area contributed by atoms with Gasteiger partial charge in [-0.1, -0.05) is 26.8 Å². The summed E-state index contributed by atoms with van der Waals surface area (Å²) in [5, 5.41) is 0. The third kappa shape index (κ3) is 3.86. The van der Waals surface area contributed by atoms with E-state index in [4.69, 9.17) is 9.47 Å². The molecule has 0 unspecified atom stereocenters. The highest BCUT2D eigenvalue weighted by atomic mass is 16.5. The molecular formula is C14H22O2. The van der Waals surface area contributed by atoms with Crippen LogP contribution in [0.4, 0.5) is 0 Å². The van der Waals surface area contributed by atoms with Gasteiger partial charge in [-0.2, -0.15) is 0 Å². The predicted molar refractivity (Wildman–Crippen MR) is 67.3 cm³/mol. The Balaban J connectivity index is 2.82. The first-order valence-corrected chi connectivity index (χ1v) is 5.67. The number of benzene rings is 1. The normalized spacial score (nSPS) is 11.6. The highest BCUT2D eigenvalue weighted by molar-refractivity contribution is 5.37. The molecule has 0 aromatic heterocycles. The predicted octanol–water partition coefficient (Wildman–Crippen LogP) is 3.32. The van der Waals surface area contributed by atoms with Crippen molar-refractivity contribution in [2.75, 3.05) is 20.3 Å². The van der Waals surface area contributed by atoms with Crippen molar-refractivity contribution in [2.45, 2.75) is 33.1 Å². The molecule has 0 radical (unpaired) electrons. The second kappa shape index (κ2) is 5.35. The van der Waals surface area contributed by atoms with E-state index in [-0.39, 0.29) is 5.41 Å². The van der Waals surface area contributed by atoms with Gasteiger partial charge in [0.2, 0.25) is 0 Å². The molecule has 2 heteroatoms. The number of hydrogen-bond donors (Lipinski definition) is 0. The van der Waals surface area contributed by atoms with Gasteiger partial charge in [0.1, 0.15) is 12.4 Å². The highest BCUT2D eigenvalue weighted by Gasteiger charge is 2.14. The van der Waals surface area contributed by atoms with E-state index >= 15 is 0 Å². The van der Waals surface area contributed by atoms with E-state index in [2.05, 4.69) is 45.9 Å². The van der Waals surface area contributed by atoms with E-state index in [0.29, 0.717) is 13.2 Å². The van der Waals surface area contributed by atoms with Crippen LogP contribution >= 0.6 is 0 Å². The van der Waals surface area contributed by atoms with Gasteiger partial charge < -0.3 is 9.47 Å². The Morgan fingerprint density at radius 2 is 1.75 bits per heavy atom. The fourth-order valence-corrected chi connectivity index (χ4v) is 1.51. The molecule has 0 amide bonds. The summed E-state index contributed by atoms with van der Waals surface area (Å²) in [6, 6.07) is 6.39. The van der Waals surface area contributed by atoms with Crippen LogP contribution in [-0.2, 0) is 10.2 Å². The van der Waals surface area contributed by atoms with Gasteiger partial charge in [-0.15, -0.1) is 0 Å². The standard InChI is InChI=1S/C14H22O2/c1-11-8-12(14(2,3)4)10-13(9-11)16-7-6-15-5/h8-10H,6-7H2,1-5H3. The summed E-state index contributed by atoms with van der Waals surface area (Å²) in [7, 11) is 1.68. The van der Waals surface area contributed by atoms with Gasteiger partial charge in [-0.05, 0) is 35.6 Å². The quantitative estimate of drug-likeness (QED) is 0.728. The van der Waals surface area contributed by atoms with Gasteiger partial charge in [0, 0.05) is 7.11 Å². The van der Waals surface area contributed by atoms with Crippen molar-refractivity contribution in [2.24, 2.45) is 0 Å². The van der Waals surface area contributed by atoms with Crippen molar-refractivity contribution in [3.63, 3.8) is 0 Å². The molecule has 0 fully saturated rings. The van der Waals surface area contributed by atoms with E-state index in [9.17, 15) is 0 Å². The molecule has 0 heterocycles. The van der Waals surface area contributed by atoms with Crippen molar-refractivity contribution in [1.82, 2.24) is 0 Å². The molecule has 0 aliphatic heterocycles. The Kier molecular flexibility index (Phi) is 4.36. The summed E-state index contributed by atoms with van der Waals surface area (Å²) in [5.41, 5.74) is 2.70. The maximum atomic E-state index is 5.64. The number of methoxy groups -OCH3 is 1. The number of aryl methyl sites for hydroxylation is 1. The Morgan fingerprint density at radius 3 is 2.31 bits per heavy atom. The van der Waals surface area contributed by atoms with Crippen LogP contribution < -0.4 is 4.74 Å². The van der Waals surface area contributed by atoms with Crippen LogP contribution in [0.15, 0.2) is 18.2 Å². The fraction of sp³-hybridized carbons (Fsp3) is 0.571. The molecule has 1 aromatic rings. The van der Waals surface area contributed by atoms with Crippen molar-refractivity contribution in [3.05, 3.63) is 29.3 Å². The molecular weight excluding hydrogens is 200 g/mol. The maximum Gasteiger partial charge on any atom is 0.119 e. The van der Waals surface area contributed by atoms with Crippen molar-refractivity contribution >= 4 is 0 Å². The van der Waals surface area contributed by atoms with Crippen LogP contribution in [0.2, 0.25) is 0 Å². The second-order valence-corrected chi connectivity index (χ2v) is 5.13. The van der Waals surface area contributed by atoms with Crippen molar-refractivity contribution in [1.29, 1.82) is 0 Å². The Labute approximate surface area is 98.6 Å². The van der Waals surface area contributed by atoms with Gasteiger partial charge >= 0.3 is 0 Å². The average molecular weight is 222 g/mol. The monoisotopic (exact) mass is 222 g/mol. The van der Waals surface area contributed by atoms with Crippen LogP contribution in [0.3, 0.4) is 0 Å². The van der Waals surface area contributed by atoms with Crippen molar-refractivity contribution < 1.29 is 9.47 Å². The van der Waals surface area contributed by atoms with Crippen LogP contribution in [0.1, 0.15) is 31.9 Å². The van der Waals surface area contributed by atoms with Gasteiger partial charge in [0.05, 0.1) is 6.61 Å². The van der Waals surface area contributed by atoms with Gasteiger partial charge in [0.15, 0.2) is 0 Å². The smallest absolute Gasteiger partial charge is 0.119 e. The molecule has 1 rings (SSSR count). The molecule has 16 heavy (non-hydrogen) atoms. The van der Waals surface area contributed by atoms with Gasteiger partial charge in [-0.25, -0.2) is 0 Å². The molecule has 0 saturated carbocycles. The second-order valence-electron chi connectivity index (χ2n) is 5.13. The summed E-state index contributed by atoms with van der Waals surface area (Å²) in [4.78, 5) is 0. The first-order valence-electron chi connectivity index (χ1n) is 5.67. The maximum absolute atomic E-state index is 5.64. The summed E-state index contributed by atoms with van der Waals surface area (Å²) < 4.78 is 10.6. The zero-order chi connectivity index (χ0) is 12.2. The molecule has 0 spiro atoms. The molecule has 1 aromatic carbocycles. The lowest BCUT2D eigenvalue weighted by atomic mass is 9.86. The van der Waals surface area contributed by atoms with Crippen LogP contribution in [0.25, 0.3) is 0 Å². The van der Waals surface area contributed by atoms with E-state index < -0.39 is 0 Å². The summed E-state index contributed by atoms with van der Waals surface area (Å²) in [6.07, 6.45) is 0. The van der Waals surface area contributed by atoms with Gasteiger partial charge in [-0.3, -0.25) is 0 Å². The molecule has 2 nitrogen and oxygen atoms in total. The molecule has 90 valence electrons. The minimum Gasteiger partial charge on any atom is -0.491 e. The zero-order valence-corrected chi connectivity index (χ0v) is 11.0. The van der Waals surface area contributed by atoms with Crippen molar-refractivity contribution in [3.8, 4) is 5.75 Å². The lowest BCUT2D eigenvalue weighted by molar-refractivity contribution is 0.146. The van der Waals surface area contributed by atoms with E-state index in [0.717, 1.165) is 5.75 Å². The first-order chi connectivity index (χ1) is 7.43. The summed E-state index contributed by atoms with van der Waals surface area (Å²) in [5.74, 6) is 0.932. The minimum atomic E-state index is 0.158. The Morgan fingerprint density at radius 1 is 1.06 bits per heavy atom. The lowest BCUT2D eigenvalue weighted by Gasteiger charge is -2.20. The summed E-state index contributed by atoms with van der Waals surface area (Å²) in [6.45, 7) is 9.95.